The molecule has 2 rings (SSSR count). The van der Waals surface area contributed by atoms with Gasteiger partial charge < -0.3 is 10.2 Å². The molecule has 0 saturated heterocycles. The van der Waals surface area contributed by atoms with Gasteiger partial charge in [0.15, 0.2) is 0 Å². The normalized spacial score (nSPS) is 12.6. The van der Waals surface area contributed by atoms with E-state index in [-0.39, 0.29) is 24.8 Å². The minimum atomic E-state index is -3.51. The molecule has 0 aliphatic rings. The summed E-state index contributed by atoms with van der Waals surface area (Å²) in [5.74, 6) is -0.382. The predicted octanol–water partition coefficient (Wildman–Crippen LogP) is 3.92. The Labute approximate surface area is 210 Å². The molecule has 192 valence electrons. The summed E-state index contributed by atoms with van der Waals surface area (Å²) in [7, 11) is -3.51. The molecular weight excluding hydrogens is 462 g/mol. The standard InChI is InChI=1S/C27H39N3O4S/c1-21-13-10-11-16-24(21)30(35(6,33)34)19-12-17-25(31)29(20-18-23-14-8-7-9-15-23)22(2)26(32)28-27(3,4)5/h7-11,13-16,22H,12,17-20H2,1-6H3,(H,28,32)/t22-/m1/s1. The molecule has 0 bridgehead atoms. The van der Waals surface area contributed by atoms with Gasteiger partial charge in [-0.05, 0) is 64.7 Å². The van der Waals surface area contributed by atoms with E-state index in [1.54, 1.807) is 24.0 Å². The molecule has 8 heteroatoms. The number of para-hydroxylation sites is 1. The lowest BCUT2D eigenvalue weighted by Crippen LogP contribution is -2.53. The molecule has 0 spiro atoms. The number of anilines is 1. The van der Waals surface area contributed by atoms with Crippen LogP contribution < -0.4 is 9.62 Å². The van der Waals surface area contributed by atoms with Gasteiger partial charge >= 0.3 is 0 Å². The van der Waals surface area contributed by atoms with Crippen molar-refractivity contribution in [1.29, 1.82) is 0 Å². The summed E-state index contributed by atoms with van der Waals surface area (Å²) < 4.78 is 26.3. The Hall–Kier alpha value is -2.87. The summed E-state index contributed by atoms with van der Waals surface area (Å²) in [4.78, 5) is 27.8. The first-order valence-corrected chi connectivity index (χ1v) is 13.8. The van der Waals surface area contributed by atoms with E-state index in [4.69, 9.17) is 0 Å². The van der Waals surface area contributed by atoms with E-state index in [0.29, 0.717) is 25.1 Å². The van der Waals surface area contributed by atoms with E-state index >= 15 is 0 Å². The Balaban J connectivity index is 2.14. The highest BCUT2D eigenvalue weighted by atomic mass is 32.2. The van der Waals surface area contributed by atoms with Crippen LogP contribution in [-0.4, -0.2) is 56.1 Å². The SMILES string of the molecule is Cc1ccccc1N(CCCC(=O)N(CCc1ccccc1)[C@H](C)C(=O)NC(C)(C)C)S(C)(=O)=O. The van der Waals surface area contributed by atoms with Crippen LogP contribution in [0.2, 0.25) is 0 Å². The molecule has 2 aromatic rings. The number of hydrogen-bond donors (Lipinski definition) is 1. The highest BCUT2D eigenvalue weighted by molar-refractivity contribution is 7.92. The number of carbonyl (C=O) groups is 2. The number of amides is 2. The third-order valence-corrected chi connectivity index (χ3v) is 6.87. The van der Waals surface area contributed by atoms with Crippen molar-refractivity contribution in [2.45, 2.75) is 65.5 Å². The van der Waals surface area contributed by atoms with Crippen LogP contribution in [-0.2, 0) is 26.0 Å². The topological polar surface area (TPSA) is 86.8 Å². The first kappa shape index (κ1) is 28.4. The van der Waals surface area contributed by atoms with Crippen molar-refractivity contribution in [2.24, 2.45) is 0 Å². The highest BCUT2D eigenvalue weighted by Gasteiger charge is 2.28. The van der Waals surface area contributed by atoms with E-state index in [0.717, 1.165) is 11.1 Å². The summed E-state index contributed by atoms with van der Waals surface area (Å²) in [6.45, 7) is 9.89. The molecule has 35 heavy (non-hydrogen) atoms. The second-order valence-corrected chi connectivity index (χ2v) is 11.9. The van der Waals surface area contributed by atoms with Crippen LogP contribution in [0.3, 0.4) is 0 Å². The Bertz CT molecular complexity index is 1090. The van der Waals surface area contributed by atoms with Gasteiger partial charge in [0.2, 0.25) is 21.8 Å². The zero-order valence-corrected chi connectivity index (χ0v) is 22.6. The van der Waals surface area contributed by atoms with Gasteiger partial charge in [0.05, 0.1) is 11.9 Å². The second-order valence-electron chi connectivity index (χ2n) is 9.96. The number of carbonyl (C=O) groups excluding carboxylic acids is 2. The first-order valence-electron chi connectivity index (χ1n) is 12.0. The number of sulfonamides is 1. The number of nitrogens with zero attached hydrogens (tertiary/aromatic N) is 2. The predicted molar refractivity (Wildman–Crippen MR) is 142 cm³/mol. The molecule has 0 saturated carbocycles. The first-order chi connectivity index (χ1) is 16.3. The summed E-state index contributed by atoms with van der Waals surface area (Å²) in [6, 6.07) is 16.5. The number of aryl methyl sites for hydroxylation is 1. The van der Waals surface area contributed by atoms with E-state index in [1.165, 1.54) is 10.6 Å². The average molecular weight is 502 g/mol. The van der Waals surface area contributed by atoms with Gasteiger partial charge in [0, 0.05) is 25.0 Å². The average Bonchev–Trinajstić information content (AvgIpc) is 2.76. The molecule has 0 radical (unpaired) electrons. The van der Waals surface area contributed by atoms with Crippen LogP contribution in [0.4, 0.5) is 5.69 Å². The molecule has 0 aliphatic heterocycles. The zero-order chi connectivity index (χ0) is 26.2. The van der Waals surface area contributed by atoms with Crippen LogP contribution in [0.15, 0.2) is 54.6 Å². The van der Waals surface area contributed by atoms with Gasteiger partial charge in [-0.2, -0.15) is 0 Å². The van der Waals surface area contributed by atoms with E-state index < -0.39 is 21.6 Å². The largest absolute Gasteiger partial charge is 0.350 e. The van der Waals surface area contributed by atoms with Gasteiger partial charge in [0.25, 0.3) is 0 Å². The summed E-state index contributed by atoms with van der Waals surface area (Å²) in [6.07, 6.45) is 2.28. The molecule has 0 fully saturated rings. The Morgan fingerprint density at radius 2 is 1.57 bits per heavy atom. The maximum absolute atomic E-state index is 13.3. The summed E-state index contributed by atoms with van der Waals surface area (Å²) in [5.41, 5.74) is 2.13. The number of nitrogens with one attached hydrogen (secondary N) is 1. The molecule has 0 unspecified atom stereocenters. The molecule has 1 N–H and O–H groups in total. The smallest absolute Gasteiger partial charge is 0.242 e. The quantitative estimate of drug-likeness (QED) is 0.506. The van der Waals surface area contributed by atoms with Crippen molar-refractivity contribution in [3.63, 3.8) is 0 Å². The van der Waals surface area contributed by atoms with Gasteiger partial charge in [-0.15, -0.1) is 0 Å². The fourth-order valence-electron chi connectivity index (χ4n) is 3.87. The molecule has 7 nitrogen and oxygen atoms in total. The van der Waals surface area contributed by atoms with Gasteiger partial charge in [-0.3, -0.25) is 13.9 Å². The second kappa shape index (κ2) is 12.2. The molecule has 2 aromatic carbocycles. The van der Waals surface area contributed by atoms with Crippen molar-refractivity contribution in [3.8, 4) is 0 Å². The minimum absolute atomic E-state index is 0.139. The van der Waals surface area contributed by atoms with Crippen molar-refractivity contribution < 1.29 is 18.0 Å². The fourth-order valence-corrected chi connectivity index (χ4v) is 4.89. The van der Waals surface area contributed by atoms with Crippen LogP contribution in [0.1, 0.15) is 51.7 Å². The maximum atomic E-state index is 13.3. The molecule has 0 heterocycles. The van der Waals surface area contributed by atoms with Gasteiger partial charge in [0.1, 0.15) is 6.04 Å². The Kier molecular flexibility index (Phi) is 9.89. The Morgan fingerprint density at radius 1 is 0.971 bits per heavy atom. The van der Waals surface area contributed by atoms with E-state index in [2.05, 4.69) is 5.32 Å². The molecule has 0 aliphatic carbocycles. The van der Waals surface area contributed by atoms with Gasteiger partial charge in [-0.1, -0.05) is 48.5 Å². The van der Waals surface area contributed by atoms with Crippen molar-refractivity contribution in [3.05, 3.63) is 65.7 Å². The molecule has 2 amide bonds. The Morgan fingerprint density at radius 3 is 2.14 bits per heavy atom. The monoisotopic (exact) mass is 501 g/mol. The lowest BCUT2D eigenvalue weighted by Gasteiger charge is -2.32. The fraction of sp³-hybridized carbons (Fsp3) is 0.481. The van der Waals surface area contributed by atoms with Crippen LogP contribution in [0, 0.1) is 6.92 Å². The third kappa shape index (κ3) is 9.02. The van der Waals surface area contributed by atoms with Crippen LogP contribution >= 0.6 is 0 Å². The number of rotatable bonds is 11. The lowest BCUT2D eigenvalue weighted by molar-refractivity contribution is -0.140. The lowest BCUT2D eigenvalue weighted by atomic mass is 10.1. The maximum Gasteiger partial charge on any atom is 0.242 e. The van der Waals surface area contributed by atoms with Crippen LogP contribution in [0.25, 0.3) is 0 Å². The van der Waals surface area contributed by atoms with Crippen LogP contribution in [0.5, 0.6) is 0 Å². The summed E-state index contributed by atoms with van der Waals surface area (Å²) >= 11 is 0. The zero-order valence-electron chi connectivity index (χ0n) is 21.7. The number of benzene rings is 2. The van der Waals surface area contributed by atoms with E-state index in [1.807, 2.05) is 70.2 Å². The molecule has 0 aromatic heterocycles. The molecule has 1 atom stereocenters. The molecular formula is C27H39N3O4S. The van der Waals surface area contributed by atoms with Crippen molar-refractivity contribution in [1.82, 2.24) is 10.2 Å². The highest BCUT2D eigenvalue weighted by Crippen LogP contribution is 2.22. The van der Waals surface area contributed by atoms with Crippen molar-refractivity contribution >= 4 is 27.5 Å². The van der Waals surface area contributed by atoms with Gasteiger partial charge in [-0.25, -0.2) is 8.42 Å². The number of hydrogen-bond acceptors (Lipinski definition) is 4. The van der Waals surface area contributed by atoms with Crippen molar-refractivity contribution in [2.75, 3.05) is 23.7 Å². The third-order valence-electron chi connectivity index (χ3n) is 5.69. The minimum Gasteiger partial charge on any atom is -0.350 e. The summed E-state index contributed by atoms with van der Waals surface area (Å²) in [5, 5.41) is 2.95. The van der Waals surface area contributed by atoms with E-state index in [9.17, 15) is 18.0 Å².